The number of aryl methyl sites for hydroxylation is 1. The van der Waals surface area contributed by atoms with Gasteiger partial charge in [-0.1, -0.05) is 36.4 Å². The van der Waals surface area contributed by atoms with Crippen LogP contribution >= 0.6 is 0 Å². The van der Waals surface area contributed by atoms with Crippen LogP contribution in [0.15, 0.2) is 60.7 Å². The molecule has 0 aliphatic carbocycles. The Morgan fingerprint density at radius 3 is 2.44 bits per heavy atom. The molecule has 1 unspecified atom stereocenters. The summed E-state index contributed by atoms with van der Waals surface area (Å²) in [6.45, 7) is 1.60. The summed E-state index contributed by atoms with van der Waals surface area (Å²) in [5.41, 5.74) is -0.313. The Balaban J connectivity index is 1.42. The monoisotopic (exact) mass is 499 g/mol. The maximum absolute atomic E-state index is 14.7. The van der Waals surface area contributed by atoms with Crippen LogP contribution < -0.4 is 10.6 Å². The molecule has 1 aliphatic heterocycles. The number of β-amino-alcohol motifs (C(OH)–C–C–N with tert-alkyl or cyclic N) is 1. The Morgan fingerprint density at radius 1 is 1.06 bits per heavy atom. The van der Waals surface area contributed by atoms with Crippen LogP contribution in [0.25, 0.3) is 0 Å². The van der Waals surface area contributed by atoms with Crippen LogP contribution in [0.2, 0.25) is 0 Å². The highest BCUT2D eigenvalue weighted by molar-refractivity contribution is 6.01. The fraction of sp³-hybridized carbons (Fsp3) is 0.296. The SMILES string of the molecule is Cc1ccc(Nc2c(C(=O)N3CC(O)(CNC(CO)Cc4ccccc4)C3)ccc(F)c2F)c(F)c1. The molecule has 1 atom stereocenters. The number of anilines is 2. The molecule has 0 saturated carbocycles. The fourth-order valence-corrected chi connectivity index (χ4v) is 4.23. The average molecular weight is 500 g/mol. The number of nitrogens with zero attached hydrogens (tertiary/aromatic N) is 1. The number of carbonyl (C=O) groups is 1. The third kappa shape index (κ3) is 5.70. The molecule has 4 N–H and O–H groups in total. The Morgan fingerprint density at radius 2 is 1.78 bits per heavy atom. The molecule has 1 fully saturated rings. The van der Waals surface area contributed by atoms with Gasteiger partial charge in [-0.15, -0.1) is 0 Å². The summed E-state index contributed by atoms with van der Waals surface area (Å²) in [5.74, 6) is -3.78. The van der Waals surface area contributed by atoms with E-state index in [1.54, 1.807) is 13.0 Å². The third-order valence-corrected chi connectivity index (χ3v) is 6.23. The van der Waals surface area contributed by atoms with E-state index in [0.29, 0.717) is 12.0 Å². The number of carbonyl (C=O) groups excluding carboxylic acids is 1. The van der Waals surface area contributed by atoms with Gasteiger partial charge in [-0.3, -0.25) is 4.79 Å². The number of nitrogens with one attached hydrogen (secondary N) is 2. The normalized spacial score (nSPS) is 15.3. The molecule has 0 spiro atoms. The molecule has 4 rings (SSSR count). The Bertz CT molecular complexity index is 1230. The largest absolute Gasteiger partial charge is 0.395 e. The topological polar surface area (TPSA) is 84.8 Å². The van der Waals surface area contributed by atoms with Crippen LogP contribution in [0.5, 0.6) is 0 Å². The van der Waals surface area contributed by atoms with Crippen LogP contribution in [0, 0.1) is 24.4 Å². The van der Waals surface area contributed by atoms with Crippen molar-refractivity contribution in [1.29, 1.82) is 0 Å². The highest BCUT2D eigenvalue weighted by atomic mass is 19.2. The van der Waals surface area contributed by atoms with Gasteiger partial charge in [0.25, 0.3) is 5.91 Å². The maximum atomic E-state index is 14.7. The molecule has 9 heteroatoms. The maximum Gasteiger partial charge on any atom is 0.256 e. The smallest absolute Gasteiger partial charge is 0.256 e. The molecule has 1 aliphatic rings. The molecule has 0 radical (unpaired) electrons. The molecular formula is C27H28F3N3O3. The number of amides is 1. The lowest BCUT2D eigenvalue weighted by atomic mass is 9.92. The van der Waals surface area contributed by atoms with Crippen molar-refractivity contribution < 1.29 is 28.2 Å². The number of aliphatic hydroxyl groups excluding tert-OH is 1. The fourth-order valence-electron chi connectivity index (χ4n) is 4.23. The van der Waals surface area contributed by atoms with Gasteiger partial charge in [0.05, 0.1) is 36.6 Å². The van der Waals surface area contributed by atoms with Crippen LogP contribution in [-0.4, -0.2) is 58.9 Å². The average Bonchev–Trinajstić information content (AvgIpc) is 2.84. The highest BCUT2D eigenvalue weighted by Gasteiger charge is 2.44. The second-order valence-corrected chi connectivity index (χ2v) is 9.23. The van der Waals surface area contributed by atoms with Gasteiger partial charge in [0, 0.05) is 12.6 Å². The van der Waals surface area contributed by atoms with Crippen molar-refractivity contribution >= 4 is 17.3 Å². The van der Waals surface area contributed by atoms with Crippen LogP contribution in [0.4, 0.5) is 24.5 Å². The Kier molecular flexibility index (Phi) is 7.63. The van der Waals surface area contributed by atoms with Gasteiger partial charge in [-0.2, -0.15) is 0 Å². The summed E-state index contributed by atoms with van der Waals surface area (Å²) < 4.78 is 43.0. The predicted octanol–water partition coefficient (Wildman–Crippen LogP) is 3.54. The molecule has 1 heterocycles. The Labute approximate surface area is 207 Å². The quantitative estimate of drug-likeness (QED) is 0.362. The molecule has 6 nitrogen and oxygen atoms in total. The first-order chi connectivity index (χ1) is 17.2. The molecule has 3 aromatic carbocycles. The zero-order valence-electron chi connectivity index (χ0n) is 19.8. The first-order valence-corrected chi connectivity index (χ1v) is 11.6. The van der Waals surface area contributed by atoms with Crippen LogP contribution in [0.3, 0.4) is 0 Å². The predicted molar refractivity (Wildman–Crippen MR) is 131 cm³/mol. The van der Waals surface area contributed by atoms with Crippen molar-refractivity contribution in [3.8, 4) is 0 Å². The van der Waals surface area contributed by atoms with Crippen LogP contribution in [-0.2, 0) is 6.42 Å². The van der Waals surface area contributed by atoms with Gasteiger partial charge in [0.15, 0.2) is 11.6 Å². The van der Waals surface area contributed by atoms with E-state index in [0.717, 1.165) is 17.7 Å². The molecule has 1 saturated heterocycles. The van der Waals surface area contributed by atoms with Crippen molar-refractivity contribution in [3.05, 3.63) is 94.8 Å². The van der Waals surface area contributed by atoms with Gasteiger partial charge in [0.2, 0.25) is 0 Å². The lowest BCUT2D eigenvalue weighted by Gasteiger charge is -2.47. The summed E-state index contributed by atoms with van der Waals surface area (Å²) in [7, 11) is 0. The van der Waals surface area contributed by atoms with Gasteiger partial charge in [-0.05, 0) is 48.7 Å². The number of benzene rings is 3. The lowest BCUT2D eigenvalue weighted by Crippen LogP contribution is -2.68. The van der Waals surface area contributed by atoms with Crippen molar-refractivity contribution in [2.24, 2.45) is 0 Å². The minimum Gasteiger partial charge on any atom is -0.395 e. The molecule has 36 heavy (non-hydrogen) atoms. The standard InChI is InChI=1S/C27H28F3N3O3/c1-17-7-10-23(22(29)11-17)32-25-20(8-9-21(28)24(25)30)26(35)33-15-27(36,16-33)14-31-19(13-34)12-18-5-3-2-4-6-18/h2-11,19,31-32,34,36H,12-16H2,1H3. The van der Waals surface area contributed by atoms with Crippen molar-refractivity contribution in [2.75, 3.05) is 31.6 Å². The minimum absolute atomic E-state index is 0.0420. The van der Waals surface area contributed by atoms with E-state index < -0.39 is 34.6 Å². The number of aliphatic hydroxyl groups is 2. The number of rotatable bonds is 9. The molecule has 0 bridgehead atoms. The number of hydrogen-bond acceptors (Lipinski definition) is 5. The van der Waals surface area contributed by atoms with E-state index in [1.165, 1.54) is 17.0 Å². The molecule has 3 aromatic rings. The van der Waals surface area contributed by atoms with E-state index in [4.69, 9.17) is 0 Å². The summed E-state index contributed by atoms with van der Waals surface area (Å²) in [4.78, 5) is 14.4. The molecular weight excluding hydrogens is 471 g/mol. The second-order valence-electron chi connectivity index (χ2n) is 9.23. The van der Waals surface area contributed by atoms with Crippen molar-refractivity contribution in [2.45, 2.75) is 25.0 Å². The van der Waals surface area contributed by atoms with E-state index in [1.807, 2.05) is 30.3 Å². The lowest BCUT2D eigenvalue weighted by molar-refractivity contribution is -0.0803. The van der Waals surface area contributed by atoms with Crippen molar-refractivity contribution in [1.82, 2.24) is 10.2 Å². The van der Waals surface area contributed by atoms with E-state index in [-0.39, 0.29) is 43.5 Å². The first kappa shape index (κ1) is 25.7. The van der Waals surface area contributed by atoms with Crippen molar-refractivity contribution in [3.63, 3.8) is 0 Å². The Hall–Kier alpha value is -3.40. The first-order valence-electron chi connectivity index (χ1n) is 11.6. The summed E-state index contributed by atoms with van der Waals surface area (Å²) in [5, 5.41) is 26.1. The van der Waals surface area contributed by atoms with E-state index in [9.17, 15) is 28.2 Å². The van der Waals surface area contributed by atoms with E-state index >= 15 is 0 Å². The van der Waals surface area contributed by atoms with Gasteiger partial charge >= 0.3 is 0 Å². The highest BCUT2D eigenvalue weighted by Crippen LogP contribution is 2.31. The number of halogens is 3. The molecule has 190 valence electrons. The molecule has 1 amide bonds. The summed E-state index contributed by atoms with van der Waals surface area (Å²) >= 11 is 0. The zero-order valence-corrected chi connectivity index (χ0v) is 19.8. The number of likely N-dealkylation sites (tertiary alicyclic amines) is 1. The van der Waals surface area contributed by atoms with Gasteiger partial charge in [0.1, 0.15) is 11.4 Å². The summed E-state index contributed by atoms with van der Waals surface area (Å²) in [6, 6.07) is 15.5. The number of hydrogen-bond donors (Lipinski definition) is 4. The van der Waals surface area contributed by atoms with Gasteiger partial charge < -0.3 is 25.7 Å². The zero-order chi connectivity index (χ0) is 25.9. The third-order valence-electron chi connectivity index (χ3n) is 6.23. The van der Waals surface area contributed by atoms with E-state index in [2.05, 4.69) is 10.6 Å². The second kappa shape index (κ2) is 10.7. The minimum atomic E-state index is -1.30. The molecule has 0 aromatic heterocycles. The summed E-state index contributed by atoms with van der Waals surface area (Å²) in [6.07, 6.45) is 0.565. The van der Waals surface area contributed by atoms with Gasteiger partial charge in [-0.25, -0.2) is 13.2 Å². The van der Waals surface area contributed by atoms with Crippen LogP contribution in [0.1, 0.15) is 21.5 Å².